The molecule has 84 valence electrons. The number of aliphatic hydroxyl groups excluding tert-OH is 1. The molecular formula is C10H22N2O2. The Morgan fingerprint density at radius 3 is 2.43 bits per heavy atom. The summed E-state index contributed by atoms with van der Waals surface area (Å²) in [7, 11) is 0. The molecule has 0 saturated heterocycles. The van der Waals surface area contributed by atoms with Crippen molar-refractivity contribution in [2.45, 2.75) is 39.2 Å². The molecule has 0 bridgehead atoms. The number of amides is 1. The van der Waals surface area contributed by atoms with Gasteiger partial charge in [0.1, 0.15) is 0 Å². The highest BCUT2D eigenvalue weighted by Crippen LogP contribution is 1.97. The van der Waals surface area contributed by atoms with Crippen molar-refractivity contribution in [3.63, 3.8) is 0 Å². The Morgan fingerprint density at radius 2 is 1.93 bits per heavy atom. The second kappa shape index (κ2) is 6.79. The Bertz CT molecular complexity index is 164. The van der Waals surface area contributed by atoms with E-state index in [0.717, 1.165) is 0 Å². The maximum Gasteiger partial charge on any atom is 0.221 e. The lowest BCUT2D eigenvalue weighted by atomic mass is 10.1. The van der Waals surface area contributed by atoms with Crippen LogP contribution in [0.15, 0.2) is 0 Å². The van der Waals surface area contributed by atoms with Gasteiger partial charge in [0.05, 0.1) is 0 Å². The first-order valence-corrected chi connectivity index (χ1v) is 5.08. The van der Waals surface area contributed by atoms with Gasteiger partial charge in [-0.1, -0.05) is 0 Å². The van der Waals surface area contributed by atoms with E-state index >= 15 is 0 Å². The normalized spacial score (nSPS) is 11.4. The van der Waals surface area contributed by atoms with Crippen molar-refractivity contribution in [2.24, 2.45) is 0 Å². The molecule has 3 N–H and O–H groups in total. The van der Waals surface area contributed by atoms with Crippen molar-refractivity contribution in [3.05, 3.63) is 0 Å². The first-order valence-electron chi connectivity index (χ1n) is 5.08. The maximum absolute atomic E-state index is 11.2. The molecule has 0 unspecified atom stereocenters. The summed E-state index contributed by atoms with van der Waals surface area (Å²) in [6.07, 6.45) is 1.11. The van der Waals surface area contributed by atoms with E-state index in [9.17, 15) is 4.79 Å². The quantitative estimate of drug-likeness (QED) is 0.542. The summed E-state index contributed by atoms with van der Waals surface area (Å²) in [6, 6.07) is 0. The molecule has 0 aliphatic rings. The zero-order chi connectivity index (χ0) is 11.0. The number of carbonyl (C=O) groups is 1. The third-order valence-corrected chi connectivity index (χ3v) is 1.66. The lowest BCUT2D eigenvalue weighted by molar-refractivity contribution is -0.121. The molecule has 0 spiro atoms. The van der Waals surface area contributed by atoms with Crippen LogP contribution in [0.1, 0.15) is 33.6 Å². The van der Waals surface area contributed by atoms with Gasteiger partial charge < -0.3 is 15.7 Å². The molecule has 0 heterocycles. The van der Waals surface area contributed by atoms with E-state index in [0.29, 0.717) is 25.9 Å². The molecule has 0 aromatic carbocycles. The second-order valence-electron chi connectivity index (χ2n) is 4.35. The van der Waals surface area contributed by atoms with Crippen LogP contribution in [0.2, 0.25) is 0 Å². The molecule has 0 aromatic heterocycles. The summed E-state index contributed by atoms with van der Waals surface area (Å²) < 4.78 is 0. The molecule has 0 aliphatic heterocycles. The minimum atomic E-state index is 0.0372. The average Bonchev–Trinajstić information content (AvgIpc) is 2.02. The van der Waals surface area contributed by atoms with Gasteiger partial charge in [-0.2, -0.15) is 0 Å². The smallest absolute Gasteiger partial charge is 0.221 e. The zero-order valence-corrected chi connectivity index (χ0v) is 9.39. The van der Waals surface area contributed by atoms with Crippen molar-refractivity contribution in [2.75, 3.05) is 19.7 Å². The van der Waals surface area contributed by atoms with E-state index < -0.39 is 0 Å². The summed E-state index contributed by atoms with van der Waals surface area (Å²) in [5.74, 6) is 0.0372. The first kappa shape index (κ1) is 13.4. The summed E-state index contributed by atoms with van der Waals surface area (Å²) in [6.45, 7) is 7.57. The third kappa shape index (κ3) is 9.48. The van der Waals surface area contributed by atoms with E-state index in [2.05, 4.69) is 31.4 Å². The third-order valence-electron chi connectivity index (χ3n) is 1.66. The molecule has 4 nitrogen and oxygen atoms in total. The number of carbonyl (C=O) groups excluding carboxylic acids is 1. The summed E-state index contributed by atoms with van der Waals surface area (Å²) >= 11 is 0. The average molecular weight is 202 g/mol. The summed E-state index contributed by atoms with van der Waals surface area (Å²) in [5.41, 5.74) is 0.0609. The van der Waals surface area contributed by atoms with Crippen LogP contribution >= 0.6 is 0 Å². The Labute approximate surface area is 86.1 Å². The van der Waals surface area contributed by atoms with E-state index in [4.69, 9.17) is 5.11 Å². The van der Waals surface area contributed by atoms with Crippen LogP contribution in [0.25, 0.3) is 0 Å². The molecule has 0 atom stereocenters. The van der Waals surface area contributed by atoms with Gasteiger partial charge in [-0.25, -0.2) is 0 Å². The second-order valence-corrected chi connectivity index (χ2v) is 4.35. The predicted molar refractivity (Wildman–Crippen MR) is 57.1 cm³/mol. The lowest BCUT2D eigenvalue weighted by Crippen LogP contribution is -2.38. The molecule has 0 aliphatic carbocycles. The maximum atomic E-state index is 11.2. The Kier molecular flexibility index (Phi) is 6.49. The fourth-order valence-corrected chi connectivity index (χ4v) is 0.946. The molecule has 0 aromatic rings. The Balaban J connectivity index is 3.36. The van der Waals surface area contributed by atoms with Crippen molar-refractivity contribution >= 4 is 5.91 Å². The SMILES string of the molecule is CC(C)(C)NCCC(=O)NCCCO. The topological polar surface area (TPSA) is 61.4 Å². The van der Waals surface area contributed by atoms with Gasteiger partial charge in [-0.05, 0) is 27.2 Å². The number of hydrogen-bond donors (Lipinski definition) is 3. The number of hydrogen-bond acceptors (Lipinski definition) is 3. The molecule has 0 rings (SSSR count). The number of nitrogens with one attached hydrogen (secondary N) is 2. The van der Waals surface area contributed by atoms with E-state index in [1.54, 1.807) is 0 Å². The fourth-order valence-electron chi connectivity index (χ4n) is 0.946. The van der Waals surface area contributed by atoms with Crippen molar-refractivity contribution in [1.82, 2.24) is 10.6 Å². The fraction of sp³-hybridized carbons (Fsp3) is 0.900. The van der Waals surface area contributed by atoms with Crippen LogP contribution in [-0.4, -0.2) is 36.2 Å². The highest BCUT2D eigenvalue weighted by molar-refractivity contribution is 5.75. The van der Waals surface area contributed by atoms with Crippen molar-refractivity contribution in [1.29, 1.82) is 0 Å². The van der Waals surface area contributed by atoms with Crippen LogP contribution in [-0.2, 0) is 4.79 Å². The van der Waals surface area contributed by atoms with E-state index in [-0.39, 0.29) is 18.1 Å². The standard InChI is InChI=1S/C10H22N2O2/c1-10(2,3)12-7-5-9(14)11-6-4-8-13/h12-13H,4-8H2,1-3H3,(H,11,14). The van der Waals surface area contributed by atoms with Crippen LogP contribution in [0.5, 0.6) is 0 Å². The molecular weight excluding hydrogens is 180 g/mol. The molecule has 0 radical (unpaired) electrons. The Hall–Kier alpha value is -0.610. The number of aliphatic hydroxyl groups is 1. The van der Waals surface area contributed by atoms with Crippen LogP contribution in [0.3, 0.4) is 0 Å². The van der Waals surface area contributed by atoms with Gasteiger partial charge >= 0.3 is 0 Å². The summed E-state index contributed by atoms with van der Waals surface area (Å²) in [4.78, 5) is 11.2. The van der Waals surface area contributed by atoms with Gasteiger partial charge in [0.15, 0.2) is 0 Å². The largest absolute Gasteiger partial charge is 0.396 e. The summed E-state index contributed by atoms with van der Waals surface area (Å²) in [5, 5.41) is 14.5. The van der Waals surface area contributed by atoms with Crippen LogP contribution in [0.4, 0.5) is 0 Å². The first-order chi connectivity index (χ1) is 6.45. The highest BCUT2D eigenvalue weighted by Gasteiger charge is 2.08. The monoisotopic (exact) mass is 202 g/mol. The molecule has 4 heteroatoms. The molecule has 14 heavy (non-hydrogen) atoms. The van der Waals surface area contributed by atoms with Crippen LogP contribution in [0, 0.1) is 0 Å². The predicted octanol–water partition coefficient (Wildman–Crippen LogP) is 0.263. The van der Waals surface area contributed by atoms with Crippen molar-refractivity contribution in [3.8, 4) is 0 Å². The lowest BCUT2D eigenvalue weighted by Gasteiger charge is -2.20. The molecule has 1 amide bonds. The number of rotatable bonds is 6. The van der Waals surface area contributed by atoms with Gasteiger partial charge in [-0.3, -0.25) is 4.79 Å². The van der Waals surface area contributed by atoms with Gasteiger partial charge in [0, 0.05) is 31.7 Å². The highest BCUT2D eigenvalue weighted by atomic mass is 16.3. The minimum absolute atomic E-state index is 0.0372. The van der Waals surface area contributed by atoms with Crippen LogP contribution < -0.4 is 10.6 Å². The van der Waals surface area contributed by atoms with E-state index in [1.807, 2.05) is 0 Å². The van der Waals surface area contributed by atoms with E-state index in [1.165, 1.54) is 0 Å². The zero-order valence-electron chi connectivity index (χ0n) is 9.39. The molecule has 0 fully saturated rings. The van der Waals surface area contributed by atoms with Gasteiger partial charge in [0.25, 0.3) is 0 Å². The van der Waals surface area contributed by atoms with Gasteiger partial charge in [-0.15, -0.1) is 0 Å². The molecule has 0 saturated carbocycles. The van der Waals surface area contributed by atoms with Crippen molar-refractivity contribution < 1.29 is 9.90 Å². The Morgan fingerprint density at radius 1 is 1.29 bits per heavy atom. The minimum Gasteiger partial charge on any atom is -0.396 e. The van der Waals surface area contributed by atoms with Gasteiger partial charge in [0.2, 0.25) is 5.91 Å².